The van der Waals surface area contributed by atoms with E-state index >= 15 is 0 Å². The van der Waals surface area contributed by atoms with Crippen molar-refractivity contribution >= 4 is 23.2 Å². The highest BCUT2D eigenvalue weighted by molar-refractivity contribution is 6.10. The second kappa shape index (κ2) is 7.64. The predicted molar refractivity (Wildman–Crippen MR) is 115 cm³/mol. The molecule has 6 rings (SSSR count). The highest BCUT2D eigenvalue weighted by atomic mass is 19.4. The van der Waals surface area contributed by atoms with Crippen molar-refractivity contribution in [3.63, 3.8) is 0 Å². The Balaban J connectivity index is 1.34. The number of amides is 2. The van der Waals surface area contributed by atoms with Crippen LogP contribution in [-0.2, 0) is 11.0 Å². The van der Waals surface area contributed by atoms with Crippen LogP contribution in [0.15, 0.2) is 48.5 Å². The van der Waals surface area contributed by atoms with Gasteiger partial charge in [-0.15, -0.1) is 0 Å². The van der Waals surface area contributed by atoms with Gasteiger partial charge in [-0.05, 0) is 86.6 Å². The number of anilines is 2. The molecule has 0 aliphatic heterocycles. The average Bonchev–Trinajstić information content (AvgIpc) is 2.73. The Morgan fingerprint density at radius 3 is 2.09 bits per heavy atom. The number of carbonyl (C=O) groups is 2. The molecular formula is C25H25F3N2O2. The van der Waals surface area contributed by atoms with Gasteiger partial charge in [0.05, 0.1) is 22.2 Å². The third-order valence-electron chi connectivity index (χ3n) is 7.39. The van der Waals surface area contributed by atoms with Crippen LogP contribution in [0.3, 0.4) is 0 Å². The Morgan fingerprint density at radius 2 is 1.47 bits per heavy atom. The van der Waals surface area contributed by atoms with Crippen molar-refractivity contribution < 1.29 is 22.8 Å². The van der Waals surface area contributed by atoms with E-state index < -0.39 is 17.6 Å². The fourth-order valence-corrected chi connectivity index (χ4v) is 6.41. The highest BCUT2D eigenvalue weighted by Crippen LogP contribution is 2.60. The van der Waals surface area contributed by atoms with Crippen molar-refractivity contribution in [1.82, 2.24) is 0 Å². The van der Waals surface area contributed by atoms with Crippen LogP contribution in [0, 0.1) is 23.2 Å². The van der Waals surface area contributed by atoms with Gasteiger partial charge in [-0.25, -0.2) is 0 Å². The maximum Gasteiger partial charge on any atom is 0.416 e. The summed E-state index contributed by atoms with van der Waals surface area (Å²) in [5.74, 6) is 1.26. The Hall–Kier alpha value is -2.83. The van der Waals surface area contributed by atoms with Gasteiger partial charge in [-0.3, -0.25) is 9.59 Å². The molecule has 0 saturated heterocycles. The van der Waals surface area contributed by atoms with E-state index in [1.165, 1.54) is 31.4 Å². The maximum atomic E-state index is 13.4. The summed E-state index contributed by atoms with van der Waals surface area (Å²) in [5, 5.41) is 5.52. The zero-order chi connectivity index (χ0) is 22.5. The molecule has 4 nitrogen and oxygen atoms in total. The molecule has 0 heterocycles. The van der Waals surface area contributed by atoms with Crippen molar-refractivity contribution in [1.29, 1.82) is 0 Å². The summed E-state index contributed by atoms with van der Waals surface area (Å²) in [6.45, 7) is 0. The van der Waals surface area contributed by atoms with E-state index in [1.807, 2.05) is 0 Å². The molecule has 2 amide bonds. The largest absolute Gasteiger partial charge is 0.416 e. The summed E-state index contributed by atoms with van der Waals surface area (Å²) in [6.07, 6.45) is 1.90. The molecule has 32 heavy (non-hydrogen) atoms. The molecule has 0 unspecified atom stereocenters. The lowest BCUT2D eigenvalue weighted by Crippen LogP contribution is -2.51. The molecule has 4 aliphatic rings. The van der Waals surface area contributed by atoms with Gasteiger partial charge in [0, 0.05) is 5.69 Å². The van der Waals surface area contributed by atoms with Crippen molar-refractivity contribution in [2.24, 2.45) is 23.2 Å². The predicted octanol–water partition coefficient (Wildman–Crippen LogP) is 6.11. The summed E-state index contributed by atoms with van der Waals surface area (Å²) in [6, 6.07) is 11.1. The number of rotatable bonds is 4. The van der Waals surface area contributed by atoms with Gasteiger partial charge in [0.2, 0.25) is 5.91 Å². The van der Waals surface area contributed by atoms with Crippen molar-refractivity contribution in [2.45, 2.75) is 44.7 Å². The topological polar surface area (TPSA) is 58.2 Å². The third kappa shape index (κ3) is 3.89. The van der Waals surface area contributed by atoms with Crippen LogP contribution in [0.5, 0.6) is 0 Å². The lowest BCUT2D eigenvalue weighted by Gasteiger charge is -2.55. The SMILES string of the molecule is O=C(Nc1cccc(C(F)(F)F)c1)c1ccccc1NC(=O)C12CC3CC(CC(C3)C1)C2. The minimum absolute atomic E-state index is 0.0316. The van der Waals surface area contributed by atoms with Crippen LogP contribution in [0.4, 0.5) is 24.5 Å². The van der Waals surface area contributed by atoms with Crippen molar-refractivity contribution in [2.75, 3.05) is 10.6 Å². The first kappa shape index (κ1) is 21.0. The minimum Gasteiger partial charge on any atom is -0.325 e. The van der Waals surface area contributed by atoms with E-state index in [2.05, 4.69) is 10.6 Å². The monoisotopic (exact) mass is 442 g/mol. The molecule has 2 aromatic carbocycles. The van der Waals surface area contributed by atoms with E-state index in [1.54, 1.807) is 24.3 Å². The quantitative estimate of drug-likeness (QED) is 0.600. The highest BCUT2D eigenvalue weighted by Gasteiger charge is 2.54. The molecule has 0 atom stereocenters. The molecular weight excluding hydrogens is 417 g/mol. The normalized spacial score (nSPS) is 28.4. The molecule has 7 heteroatoms. The zero-order valence-electron chi connectivity index (χ0n) is 17.5. The lowest BCUT2D eigenvalue weighted by molar-refractivity contribution is -0.140. The minimum atomic E-state index is -4.50. The van der Waals surface area contributed by atoms with E-state index in [9.17, 15) is 22.8 Å². The number of hydrogen-bond donors (Lipinski definition) is 2. The summed E-state index contributed by atoms with van der Waals surface area (Å²) in [4.78, 5) is 26.3. The summed E-state index contributed by atoms with van der Waals surface area (Å²) < 4.78 is 39.0. The number of hydrogen-bond acceptors (Lipinski definition) is 2. The molecule has 0 aromatic heterocycles. The second-order valence-corrected chi connectivity index (χ2v) is 9.73. The van der Waals surface area contributed by atoms with Crippen LogP contribution in [0.1, 0.15) is 54.4 Å². The number of nitrogens with one attached hydrogen (secondary N) is 2. The van der Waals surface area contributed by atoms with Gasteiger partial charge in [-0.1, -0.05) is 18.2 Å². The van der Waals surface area contributed by atoms with Gasteiger partial charge >= 0.3 is 6.18 Å². The lowest BCUT2D eigenvalue weighted by atomic mass is 9.49. The molecule has 2 aromatic rings. The van der Waals surface area contributed by atoms with E-state index in [-0.39, 0.29) is 22.6 Å². The molecule has 4 aliphatic carbocycles. The summed E-state index contributed by atoms with van der Waals surface area (Å²) >= 11 is 0. The Bertz CT molecular complexity index is 1030. The molecule has 2 N–H and O–H groups in total. The Kier molecular flexibility index (Phi) is 5.02. The van der Waals surface area contributed by atoms with Gasteiger partial charge < -0.3 is 10.6 Å². The summed E-state index contributed by atoms with van der Waals surface area (Å²) in [7, 11) is 0. The first-order chi connectivity index (χ1) is 15.2. The standard InChI is InChI=1S/C25H25F3N2O2/c26-25(27,28)18-4-3-5-19(11-18)29-22(31)20-6-1-2-7-21(20)30-23(32)24-12-15-8-16(13-24)10-17(9-15)14-24/h1-7,11,15-17H,8-10,12-14H2,(H,29,31)(H,30,32). The molecule has 0 spiro atoms. The van der Waals surface area contributed by atoms with Gasteiger partial charge in [0.25, 0.3) is 5.91 Å². The average molecular weight is 442 g/mol. The van der Waals surface area contributed by atoms with Crippen LogP contribution < -0.4 is 10.6 Å². The fourth-order valence-electron chi connectivity index (χ4n) is 6.41. The van der Waals surface area contributed by atoms with Gasteiger partial charge in [0.1, 0.15) is 0 Å². The van der Waals surface area contributed by atoms with Gasteiger partial charge in [0.15, 0.2) is 0 Å². The van der Waals surface area contributed by atoms with Crippen LogP contribution in [0.25, 0.3) is 0 Å². The second-order valence-electron chi connectivity index (χ2n) is 9.73. The first-order valence-corrected chi connectivity index (χ1v) is 11.1. The maximum absolute atomic E-state index is 13.4. The molecule has 4 bridgehead atoms. The zero-order valence-corrected chi connectivity index (χ0v) is 17.5. The number of benzene rings is 2. The van der Waals surface area contributed by atoms with Crippen LogP contribution in [-0.4, -0.2) is 11.8 Å². The van der Waals surface area contributed by atoms with Crippen molar-refractivity contribution in [3.8, 4) is 0 Å². The molecule has 0 radical (unpaired) electrons. The molecule has 4 saturated carbocycles. The van der Waals surface area contributed by atoms with E-state index in [0.29, 0.717) is 23.4 Å². The summed E-state index contributed by atoms with van der Waals surface area (Å²) in [5.41, 5.74) is -0.536. The molecule has 4 fully saturated rings. The number of carbonyl (C=O) groups excluding carboxylic acids is 2. The van der Waals surface area contributed by atoms with Crippen LogP contribution >= 0.6 is 0 Å². The molecule has 168 valence electrons. The van der Waals surface area contributed by atoms with Crippen molar-refractivity contribution in [3.05, 3.63) is 59.7 Å². The van der Waals surface area contributed by atoms with E-state index in [0.717, 1.165) is 31.4 Å². The van der Waals surface area contributed by atoms with Gasteiger partial charge in [-0.2, -0.15) is 13.2 Å². The van der Waals surface area contributed by atoms with Crippen LogP contribution in [0.2, 0.25) is 0 Å². The third-order valence-corrected chi connectivity index (χ3v) is 7.39. The van der Waals surface area contributed by atoms with E-state index in [4.69, 9.17) is 0 Å². The number of alkyl halides is 3. The Morgan fingerprint density at radius 1 is 0.844 bits per heavy atom. The Labute approximate surface area is 184 Å². The smallest absolute Gasteiger partial charge is 0.325 e. The fraction of sp³-hybridized carbons (Fsp3) is 0.440. The first-order valence-electron chi connectivity index (χ1n) is 11.1. The number of halogens is 3. The number of para-hydroxylation sites is 1.